The summed E-state index contributed by atoms with van der Waals surface area (Å²) in [4.78, 5) is 14.9. The zero-order valence-corrected chi connectivity index (χ0v) is 12.2. The number of nitrogens with zero attached hydrogens (tertiary/aromatic N) is 1. The molecule has 6 nitrogen and oxygen atoms in total. The Labute approximate surface area is 122 Å². The van der Waals surface area contributed by atoms with Crippen LogP contribution in [0.3, 0.4) is 0 Å². The van der Waals surface area contributed by atoms with E-state index in [9.17, 15) is 13.2 Å². The molecule has 0 aliphatic carbocycles. The quantitative estimate of drug-likeness (QED) is 0.829. The summed E-state index contributed by atoms with van der Waals surface area (Å²) in [7, 11) is -4.11. The van der Waals surface area contributed by atoms with Gasteiger partial charge < -0.3 is 10.1 Å². The number of likely N-dealkylation sites (tertiary alicyclic amines) is 1. The van der Waals surface area contributed by atoms with Gasteiger partial charge in [-0.2, -0.15) is 0 Å². The van der Waals surface area contributed by atoms with Crippen LogP contribution in [0.2, 0.25) is 5.02 Å². The smallest absolute Gasteiger partial charge is 0.263 e. The molecule has 8 heteroatoms. The molecule has 0 spiro atoms. The number of sulfonamides is 1. The Balaban J connectivity index is 2.34. The van der Waals surface area contributed by atoms with E-state index in [1.54, 1.807) is 4.90 Å². The number of amides is 1. The molecule has 0 aromatic heterocycles. The van der Waals surface area contributed by atoms with E-state index in [1.165, 1.54) is 23.1 Å². The Kier molecular flexibility index (Phi) is 4.64. The molecule has 110 valence electrons. The molecule has 0 unspecified atom stereocenters. The van der Waals surface area contributed by atoms with Crippen LogP contribution in [0.15, 0.2) is 23.1 Å². The lowest BCUT2D eigenvalue weighted by atomic mass is 10.1. The van der Waals surface area contributed by atoms with Crippen LogP contribution < -0.4 is 4.89 Å². The van der Waals surface area contributed by atoms with E-state index in [2.05, 4.69) is 0 Å². The molecular weight excluding hydrogens is 304 g/mol. The molecular formula is C12H15ClN2O4S. The molecule has 0 radical (unpaired) electrons. The molecule has 0 atom stereocenters. The maximum absolute atomic E-state index is 12.3. The Morgan fingerprint density at radius 2 is 1.90 bits per heavy atom. The average Bonchev–Trinajstić information content (AvgIpc) is 2.47. The van der Waals surface area contributed by atoms with Crippen molar-refractivity contribution in [3.8, 4) is 0 Å². The zero-order valence-electron chi connectivity index (χ0n) is 10.7. The van der Waals surface area contributed by atoms with Gasteiger partial charge in [-0.25, -0.2) is 8.42 Å². The third kappa shape index (κ3) is 3.12. The highest BCUT2D eigenvalue weighted by Gasteiger charge is 2.22. The molecule has 1 aliphatic rings. The second-order valence-corrected chi connectivity index (χ2v) is 6.63. The van der Waals surface area contributed by atoms with Gasteiger partial charge in [0, 0.05) is 18.7 Å². The summed E-state index contributed by atoms with van der Waals surface area (Å²) < 4.78 is 23.2. The number of carbonyl (C=O) groups excluding carboxylic acids is 1. The number of piperidine rings is 1. The van der Waals surface area contributed by atoms with Crippen molar-refractivity contribution in [1.82, 2.24) is 9.79 Å². The van der Waals surface area contributed by atoms with E-state index in [-0.39, 0.29) is 21.4 Å². The fraction of sp³-hybridized carbons (Fsp3) is 0.417. The number of carbonyl (C=O) groups is 1. The van der Waals surface area contributed by atoms with Gasteiger partial charge in [0.25, 0.3) is 15.9 Å². The molecule has 1 aromatic rings. The standard InChI is InChI=1S/C12H15ClN2O4S/c13-10-5-4-9(8-11(10)20(18,19)14-17)12(16)15-6-2-1-3-7-15/h4-5,8,14,17H,1-3,6-7H2. The average molecular weight is 319 g/mol. The third-order valence-electron chi connectivity index (χ3n) is 3.23. The number of benzene rings is 1. The van der Waals surface area contributed by atoms with Crippen LogP contribution in [0.4, 0.5) is 0 Å². The van der Waals surface area contributed by atoms with Gasteiger partial charge in [-0.05, 0) is 37.5 Å². The maximum atomic E-state index is 12.3. The summed E-state index contributed by atoms with van der Waals surface area (Å²) >= 11 is 5.79. The molecule has 1 aromatic carbocycles. The number of nitrogens with one attached hydrogen (secondary N) is 1. The third-order valence-corrected chi connectivity index (χ3v) is 4.83. The van der Waals surface area contributed by atoms with E-state index >= 15 is 0 Å². The van der Waals surface area contributed by atoms with Crippen molar-refractivity contribution in [3.05, 3.63) is 28.8 Å². The van der Waals surface area contributed by atoms with Crippen molar-refractivity contribution in [2.24, 2.45) is 0 Å². The van der Waals surface area contributed by atoms with Crippen molar-refractivity contribution in [3.63, 3.8) is 0 Å². The van der Waals surface area contributed by atoms with Crippen LogP contribution in [0, 0.1) is 0 Å². The summed E-state index contributed by atoms with van der Waals surface area (Å²) in [5.74, 6) is -0.226. The predicted octanol–water partition coefficient (Wildman–Crippen LogP) is 1.63. The summed E-state index contributed by atoms with van der Waals surface area (Å²) in [6.07, 6.45) is 2.99. The normalized spacial score (nSPS) is 16.2. The topological polar surface area (TPSA) is 86.7 Å². The van der Waals surface area contributed by atoms with Gasteiger partial charge >= 0.3 is 0 Å². The minimum atomic E-state index is -4.11. The molecule has 20 heavy (non-hydrogen) atoms. The minimum Gasteiger partial charge on any atom is -0.339 e. The van der Waals surface area contributed by atoms with Crippen molar-refractivity contribution in [1.29, 1.82) is 0 Å². The summed E-state index contributed by atoms with van der Waals surface area (Å²) in [6, 6.07) is 4.00. The highest BCUT2D eigenvalue weighted by Crippen LogP contribution is 2.23. The van der Waals surface area contributed by atoms with E-state index in [4.69, 9.17) is 16.8 Å². The van der Waals surface area contributed by atoms with Crippen LogP contribution in [0.25, 0.3) is 0 Å². The van der Waals surface area contributed by atoms with Crippen LogP contribution in [-0.4, -0.2) is 37.5 Å². The van der Waals surface area contributed by atoms with Crippen molar-refractivity contribution < 1.29 is 18.4 Å². The lowest BCUT2D eigenvalue weighted by Crippen LogP contribution is -2.35. The molecule has 2 rings (SSSR count). The van der Waals surface area contributed by atoms with E-state index in [1.807, 2.05) is 0 Å². The number of halogens is 1. The first-order valence-electron chi connectivity index (χ1n) is 6.20. The first kappa shape index (κ1) is 15.2. The SMILES string of the molecule is O=C(c1ccc(Cl)c(S(=O)(=O)NO)c1)N1CCCCC1. The fourth-order valence-electron chi connectivity index (χ4n) is 2.17. The first-order valence-corrected chi connectivity index (χ1v) is 8.06. The Morgan fingerprint density at radius 3 is 2.50 bits per heavy atom. The Hall–Kier alpha value is -1.15. The van der Waals surface area contributed by atoms with Crippen LogP contribution in [0.1, 0.15) is 29.6 Å². The minimum absolute atomic E-state index is 0.0539. The Morgan fingerprint density at radius 1 is 1.25 bits per heavy atom. The molecule has 1 fully saturated rings. The van der Waals surface area contributed by atoms with Gasteiger partial charge in [0.1, 0.15) is 4.90 Å². The van der Waals surface area contributed by atoms with Crippen molar-refractivity contribution in [2.45, 2.75) is 24.2 Å². The van der Waals surface area contributed by atoms with Gasteiger partial charge in [0.15, 0.2) is 0 Å². The summed E-state index contributed by atoms with van der Waals surface area (Å²) in [5.41, 5.74) is 0.241. The summed E-state index contributed by atoms with van der Waals surface area (Å²) in [6.45, 7) is 1.34. The molecule has 2 N–H and O–H groups in total. The van der Waals surface area contributed by atoms with Crippen molar-refractivity contribution in [2.75, 3.05) is 13.1 Å². The largest absolute Gasteiger partial charge is 0.339 e. The first-order chi connectivity index (χ1) is 9.45. The highest BCUT2D eigenvalue weighted by molar-refractivity contribution is 7.89. The van der Waals surface area contributed by atoms with Gasteiger partial charge in [0.2, 0.25) is 0 Å². The van der Waals surface area contributed by atoms with E-state index < -0.39 is 10.0 Å². The van der Waals surface area contributed by atoms with Crippen LogP contribution in [-0.2, 0) is 10.0 Å². The molecule has 0 bridgehead atoms. The Bertz CT molecular complexity index is 612. The molecule has 1 amide bonds. The molecule has 1 aliphatic heterocycles. The van der Waals surface area contributed by atoms with Gasteiger partial charge in [-0.1, -0.05) is 16.5 Å². The van der Waals surface area contributed by atoms with Gasteiger partial charge in [-0.15, -0.1) is 0 Å². The summed E-state index contributed by atoms with van der Waals surface area (Å²) in [5, 5.41) is 8.60. The predicted molar refractivity (Wildman–Crippen MR) is 73.3 cm³/mol. The number of hydrogen-bond acceptors (Lipinski definition) is 4. The molecule has 1 saturated heterocycles. The van der Waals surface area contributed by atoms with Crippen molar-refractivity contribution >= 4 is 27.5 Å². The number of rotatable bonds is 3. The molecule has 0 saturated carbocycles. The maximum Gasteiger partial charge on any atom is 0.263 e. The van der Waals surface area contributed by atoms with E-state index in [0.717, 1.165) is 19.3 Å². The van der Waals surface area contributed by atoms with Gasteiger partial charge in [0.05, 0.1) is 5.02 Å². The highest BCUT2D eigenvalue weighted by atomic mass is 35.5. The monoisotopic (exact) mass is 318 g/mol. The number of hydrogen-bond donors (Lipinski definition) is 2. The van der Waals surface area contributed by atoms with Crippen LogP contribution >= 0.6 is 11.6 Å². The second-order valence-electron chi connectivity index (χ2n) is 4.59. The van der Waals surface area contributed by atoms with Gasteiger partial charge in [-0.3, -0.25) is 4.79 Å². The van der Waals surface area contributed by atoms with E-state index in [0.29, 0.717) is 13.1 Å². The fourth-order valence-corrected chi connectivity index (χ4v) is 3.30. The second kappa shape index (κ2) is 6.09. The lowest BCUT2D eigenvalue weighted by Gasteiger charge is -2.26. The zero-order chi connectivity index (χ0) is 14.8. The lowest BCUT2D eigenvalue weighted by molar-refractivity contribution is 0.0724. The molecule has 1 heterocycles. The van der Waals surface area contributed by atoms with Crippen LogP contribution in [0.5, 0.6) is 0 Å².